The smallest absolute Gasteiger partial charge is 0.270 e. The predicted molar refractivity (Wildman–Crippen MR) is 120 cm³/mol. The van der Waals surface area contributed by atoms with Gasteiger partial charge in [0.1, 0.15) is 6.79 Å². The molecule has 0 saturated heterocycles. The molecule has 2 aromatic carbocycles. The standard InChI is InChI=1S/C9H7N3O2.C8H7NO3.CH2O.BrH.H3N.H2O/c13-12(14)8-3-1-2-7(4-8)9-5-10-6-11-9;1-6(10)7-3-2-4-8(5-7)9(11)12;1-2;;;/h1-6H,(H,10,11);2-5H,1H3;1H2;1H;1H3;1H2. The Labute approximate surface area is 187 Å². The van der Waals surface area contributed by atoms with E-state index in [0.717, 1.165) is 11.3 Å². The van der Waals surface area contributed by atoms with Crippen LogP contribution in [0.2, 0.25) is 0 Å². The van der Waals surface area contributed by atoms with E-state index in [2.05, 4.69) is 9.97 Å². The molecule has 0 saturated carbocycles. The van der Waals surface area contributed by atoms with Gasteiger partial charge in [0, 0.05) is 35.4 Å². The van der Waals surface area contributed by atoms with Crippen molar-refractivity contribution >= 4 is 40.9 Å². The molecule has 6 N–H and O–H groups in total. The van der Waals surface area contributed by atoms with Crippen LogP contribution in [0.3, 0.4) is 0 Å². The Balaban J connectivity index is -0.000000434. The first-order valence-electron chi connectivity index (χ1n) is 7.66. The molecule has 0 bridgehead atoms. The van der Waals surface area contributed by atoms with Crippen LogP contribution in [-0.4, -0.2) is 37.9 Å². The number of ketones is 1. The van der Waals surface area contributed by atoms with Crippen LogP contribution >= 0.6 is 17.0 Å². The first-order valence-corrected chi connectivity index (χ1v) is 7.66. The van der Waals surface area contributed by atoms with Crippen LogP contribution in [0, 0.1) is 20.2 Å². The van der Waals surface area contributed by atoms with Gasteiger partial charge in [-0.3, -0.25) is 25.0 Å². The Hall–Kier alpha value is -3.81. The Morgan fingerprint density at radius 3 is 1.97 bits per heavy atom. The van der Waals surface area contributed by atoms with E-state index in [0.29, 0.717) is 5.56 Å². The van der Waals surface area contributed by atoms with Crippen molar-refractivity contribution in [3.63, 3.8) is 0 Å². The highest BCUT2D eigenvalue weighted by atomic mass is 79.9. The molecule has 1 heterocycles. The number of Topliss-reactive ketones (excluding diaryl/α,β-unsaturated/α-hetero) is 1. The van der Waals surface area contributed by atoms with Crippen LogP contribution in [0.1, 0.15) is 17.3 Å². The third-order valence-electron chi connectivity index (χ3n) is 3.33. The Kier molecular flexibility index (Phi) is 16.5. The lowest BCUT2D eigenvalue weighted by Crippen LogP contribution is -1.94. The van der Waals surface area contributed by atoms with Gasteiger partial charge in [-0.1, -0.05) is 24.3 Å². The van der Waals surface area contributed by atoms with Gasteiger partial charge in [-0.2, -0.15) is 0 Å². The van der Waals surface area contributed by atoms with Gasteiger partial charge in [-0.05, 0) is 6.92 Å². The summed E-state index contributed by atoms with van der Waals surface area (Å²) in [7, 11) is 0. The number of aromatic amines is 1. The van der Waals surface area contributed by atoms with Crippen LogP contribution in [0.15, 0.2) is 61.1 Å². The van der Waals surface area contributed by atoms with Gasteiger partial charge < -0.3 is 21.4 Å². The minimum absolute atomic E-state index is 0. The number of nitro benzene ring substituents is 2. The maximum Gasteiger partial charge on any atom is 0.270 e. The van der Waals surface area contributed by atoms with Gasteiger partial charge in [0.15, 0.2) is 5.78 Å². The van der Waals surface area contributed by atoms with E-state index in [4.69, 9.17) is 4.79 Å². The second kappa shape index (κ2) is 16.0. The van der Waals surface area contributed by atoms with Gasteiger partial charge in [-0.25, -0.2) is 4.98 Å². The molecule has 0 spiro atoms. The normalized spacial score (nSPS) is 8.29. The van der Waals surface area contributed by atoms with Crippen molar-refractivity contribution in [2.75, 3.05) is 0 Å². The Morgan fingerprint density at radius 1 is 1.00 bits per heavy atom. The molecule has 0 aliphatic carbocycles. The Morgan fingerprint density at radius 2 is 1.52 bits per heavy atom. The third kappa shape index (κ3) is 9.98. The van der Waals surface area contributed by atoms with Crippen molar-refractivity contribution < 1.29 is 24.9 Å². The zero-order valence-electron chi connectivity index (χ0n) is 16.4. The minimum atomic E-state index is -0.521. The Bertz CT molecular complexity index is 938. The van der Waals surface area contributed by atoms with E-state index in [1.165, 1.54) is 43.6 Å². The molecular formula is C18H22BrN5O7. The SMILES string of the molecule is Br.C=O.CC(=O)c1cccc([N+](=O)[O-])c1.N.O.O=[N+]([O-])c1cccc(-c2cnc[nH]2)c1. The average molecular weight is 500 g/mol. The summed E-state index contributed by atoms with van der Waals surface area (Å²) >= 11 is 0. The summed E-state index contributed by atoms with van der Waals surface area (Å²) in [5.41, 5.74) is 1.93. The van der Waals surface area contributed by atoms with Crippen molar-refractivity contribution in [1.82, 2.24) is 16.1 Å². The van der Waals surface area contributed by atoms with E-state index >= 15 is 0 Å². The number of non-ortho nitro benzene ring substituents is 2. The number of carbonyl (C=O) groups excluding carboxylic acids is 2. The van der Waals surface area contributed by atoms with Gasteiger partial charge in [-0.15, -0.1) is 17.0 Å². The number of rotatable bonds is 4. The molecule has 0 aliphatic heterocycles. The van der Waals surface area contributed by atoms with Crippen molar-refractivity contribution in [3.8, 4) is 11.3 Å². The predicted octanol–water partition coefficient (Wildman–Crippen LogP) is 3.51. The minimum Gasteiger partial charge on any atom is -0.412 e. The largest absolute Gasteiger partial charge is 0.412 e. The number of H-pyrrole nitrogens is 1. The molecule has 12 nitrogen and oxygen atoms in total. The van der Waals surface area contributed by atoms with E-state index in [9.17, 15) is 25.0 Å². The summed E-state index contributed by atoms with van der Waals surface area (Å²) in [6.07, 6.45) is 3.16. The van der Waals surface area contributed by atoms with Gasteiger partial charge in [0.05, 0.1) is 28.1 Å². The van der Waals surface area contributed by atoms with Crippen LogP contribution in [-0.2, 0) is 4.79 Å². The lowest BCUT2D eigenvalue weighted by Gasteiger charge is -1.96. The quantitative estimate of drug-likeness (QED) is 0.306. The number of aromatic nitrogens is 2. The molecule has 1 aromatic heterocycles. The van der Waals surface area contributed by atoms with Crippen molar-refractivity contribution in [2.45, 2.75) is 6.92 Å². The molecule has 0 atom stereocenters. The second-order valence-corrected chi connectivity index (χ2v) is 5.14. The number of nitrogens with one attached hydrogen (secondary N) is 1. The number of nitrogens with zero attached hydrogens (tertiary/aromatic N) is 3. The van der Waals surface area contributed by atoms with E-state index in [-0.39, 0.29) is 45.8 Å². The number of nitro groups is 2. The zero-order valence-corrected chi connectivity index (χ0v) is 18.1. The fourth-order valence-electron chi connectivity index (χ4n) is 2.04. The van der Waals surface area contributed by atoms with Crippen molar-refractivity contribution in [3.05, 3.63) is 86.8 Å². The zero-order chi connectivity index (χ0) is 21.1. The van der Waals surface area contributed by atoms with Crippen LogP contribution < -0.4 is 6.15 Å². The second-order valence-electron chi connectivity index (χ2n) is 5.14. The number of carbonyl (C=O) groups is 2. The molecular weight excluding hydrogens is 478 g/mol. The van der Waals surface area contributed by atoms with E-state index < -0.39 is 9.85 Å². The summed E-state index contributed by atoms with van der Waals surface area (Å²) in [5.74, 6) is -0.168. The fraction of sp³-hybridized carbons (Fsp3) is 0.0556. The topological polar surface area (TPSA) is 216 Å². The summed E-state index contributed by atoms with van der Waals surface area (Å²) in [4.78, 5) is 45.4. The summed E-state index contributed by atoms with van der Waals surface area (Å²) in [5, 5.41) is 20.8. The van der Waals surface area contributed by atoms with Crippen LogP contribution in [0.25, 0.3) is 11.3 Å². The van der Waals surface area contributed by atoms with Crippen molar-refractivity contribution in [2.24, 2.45) is 0 Å². The number of benzene rings is 2. The number of halogens is 1. The first-order chi connectivity index (χ1) is 13.4. The molecule has 13 heteroatoms. The van der Waals surface area contributed by atoms with Gasteiger partial charge in [0.2, 0.25) is 0 Å². The summed E-state index contributed by atoms with van der Waals surface area (Å²) in [6, 6.07) is 12.1. The van der Waals surface area contributed by atoms with E-state index in [1.807, 2.05) is 6.79 Å². The highest BCUT2D eigenvalue weighted by Gasteiger charge is 2.08. The van der Waals surface area contributed by atoms with Crippen LogP contribution in [0.5, 0.6) is 0 Å². The maximum absolute atomic E-state index is 10.8. The molecule has 0 unspecified atom stereocenters. The van der Waals surface area contributed by atoms with Gasteiger partial charge in [0.25, 0.3) is 11.4 Å². The summed E-state index contributed by atoms with van der Waals surface area (Å²) in [6.45, 7) is 3.37. The molecule has 0 aliphatic rings. The maximum atomic E-state index is 10.8. The average Bonchev–Trinajstić information content (AvgIpc) is 3.25. The molecule has 168 valence electrons. The molecule has 0 amide bonds. The third-order valence-corrected chi connectivity index (χ3v) is 3.33. The fourth-order valence-corrected chi connectivity index (χ4v) is 2.04. The lowest BCUT2D eigenvalue weighted by molar-refractivity contribution is -0.385. The van der Waals surface area contributed by atoms with E-state index in [1.54, 1.807) is 24.4 Å². The van der Waals surface area contributed by atoms with Gasteiger partial charge >= 0.3 is 0 Å². The van der Waals surface area contributed by atoms with Crippen molar-refractivity contribution in [1.29, 1.82) is 0 Å². The highest BCUT2D eigenvalue weighted by Crippen LogP contribution is 2.21. The highest BCUT2D eigenvalue weighted by molar-refractivity contribution is 8.93. The van der Waals surface area contributed by atoms with Crippen LogP contribution in [0.4, 0.5) is 11.4 Å². The molecule has 3 rings (SSSR count). The molecule has 0 fully saturated rings. The number of hydrogen-bond acceptors (Lipinski definition) is 8. The monoisotopic (exact) mass is 499 g/mol. The summed E-state index contributed by atoms with van der Waals surface area (Å²) < 4.78 is 0. The number of imidazole rings is 1. The number of hydrogen-bond donors (Lipinski definition) is 2. The molecule has 3 aromatic rings. The molecule has 31 heavy (non-hydrogen) atoms. The first kappa shape index (κ1) is 31.9. The lowest BCUT2D eigenvalue weighted by atomic mass is 10.1. The molecule has 0 radical (unpaired) electrons.